The number of hydrogen-bond acceptors (Lipinski definition) is 3. The minimum atomic E-state index is -0.635. The van der Waals surface area contributed by atoms with E-state index in [-0.39, 0.29) is 5.91 Å². The van der Waals surface area contributed by atoms with E-state index in [2.05, 4.69) is 33.5 Å². The Balaban J connectivity index is 1.43. The summed E-state index contributed by atoms with van der Waals surface area (Å²) in [5, 5.41) is 5.18. The molecule has 28 heavy (non-hydrogen) atoms. The van der Waals surface area contributed by atoms with Crippen LogP contribution in [-0.2, 0) is 17.8 Å². The Morgan fingerprint density at radius 1 is 1.00 bits per heavy atom. The molecule has 0 bridgehead atoms. The molecule has 0 saturated heterocycles. The number of benzene rings is 3. The number of carbonyl (C=O) groups is 1. The first kappa shape index (κ1) is 17.9. The molecule has 0 unspecified atom stereocenters. The van der Waals surface area contributed by atoms with E-state index in [1.165, 1.54) is 0 Å². The maximum Gasteiger partial charge on any atom is 0.237 e. The topological polar surface area (TPSA) is 83.8 Å². The summed E-state index contributed by atoms with van der Waals surface area (Å²) in [5.41, 5.74) is 9.01. The second-order valence-corrected chi connectivity index (χ2v) is 6.80. The van der Waals surface area contributed by atoms with E-state index >= 15 is 0 Å². The van der Waals surface area contributed by atoms with Gasteiger partial charge in [-0.1, -0.05) is 72.8 Å². The predicted octanol–water partition coefficient (Wildman–Crippen LogP) is 3.42. The molecule has 140 valence electrons. The van der Waals surface area contributed by atoms with Gasteiger partial charge in [0, 0.05) is 30.4 Å². The molecule has 0 saturated carbocycles. The number of imidazole rings is 1. The molecular formula is C23H22N4O. The van der Waals surface area contributed by atoms with E-state index in [0.717, 1.165) is 33.4 Å². The van der Waals surface area contributed by atoms with Crippen molar-refractivity contribution in [2.75, 3.05) is 0 Å². The molecule has 4 rings (SSSR count). The van der Waals surface area contributed by atoms with Crippen molar-refractivity contribution in [3.63, 3.8) is 0 Å². The standard InChI is InChI=1S/C23H22N4O/c24-21(23(28)26-14-16-7-2-1-3-8-16)13-18-15-25-22(27-18)20-12-6-10-17-9-4-5-11-19(17)20/h1-12,15,21H,13-14,24H2,(H,25,27)(H,26,28)/t21-/m0/s1. The van der Waals surface area contributed by atoms with Gasteiger partial charge in [0.1, 0.15) is 5.82 Å². The Morgan fingerprint density at radius 3 is 2.61 bits per heavy atom. The van der Waals surface area contributed by atoms with Crippen LogP contribution >= 0.6 is 0 Å². The first-order valence-corrected chi connectivity index (χ1v) is 9.30. The normalized spacial score (nSPS) is 12.0. The van der Waals surface area contributed by atoms with Crippen LogP contribution in [0.3, 0.4) is 0 Å². The minimum absolute atomic E-state index is 0.176. The predicted molar refractivity (Wildman–Crippen MR) is 111 cm³/mol. The maximum absolute atomic E-state index is 12.3. The van der Waals surface area contributed by atoms with E-state index in [1.807, 2.05) is 54.6 Å². The third-order valence-electron chi connectivity index (χ3n) is 4.76. The zero-order chi connectivity index (χ0) is 19.3. The van der Waals surface area contributed by atoms with Crippen LogP contribution in [0.4, 0.5) is 0 Å². The summed E-state index contributed by atoms with van der Waals surface area (Å²) < 4.78 is 0. The second kappa shape index (κ2) is 8.06. The summed E-state index contributed by atoms with van der Waals surface area (Å²) >= 11 is 0. The molecule has 0 spiro atoms. The number of nitrogens with two attached hydrogens (primary N) is 1. The van der Waals surface area contributed by atoms with E-state index < -0.39 is 6.04 Å². The van der Waals surface area contributed by atoms with Gasteiger partial charge in [0.2, 0.25) is 5.91 Å². The molecule has 1 heterocycles. The van der Waals surface area contributed by atoms with Crippen LogP contribution < -0.4 is 11.1 Å². The Kier molecular flexibility index (Phi) is 5.17. The molecule has 0 aliphatic heterocycles. The molecule has 1 aromatic heterocycles. The average molecular weight is 370 g/mol. The number of nitrogens with one attached hydrogen (secondary N) is 2. The quantitative estimate of drug-likeness (QED) is 0.486. The number of aromatic nitrogens is 2. The summed E-state index contributed by atoms with van der Waals surface area (Å²) in [6.07, 6.45) is 2.15. The third-order valence-corrected chi connectivity index (χ3v) is 4.76. The average Bonchev–Trinajstić information content (AvgIpc) is 3.20. The number of aromatic amines is 1. The van der Waals surface area contributed by atoms with Crippen LogP contribution in [-0.4, -0.2) is 21.9 Å². The lowest BCUT2D eigenvalue weighted by Crippen LogP contribution is -2.41. The van der Waals surface area contributed by atoms with E-state index in [9.17, 15) is 4.79 Å². The van der Waals surface area contributed by atoms with Crippen molar-refractivity contribution in [2.24, 2.45) is 5.73 Å². The molecular weight excluding hydrogens is 348 g/mol. The largest absolute Gasteiger partial charge is 0.351 e. The lowest BCUT2D eigenvalue weighted by molar-refractivity contribution is -0.122. The number of rotatable bonds is 6. The first-order chi connectivity index (χ1) is 13.7. The van der Waals surface area contributed by atoms with E-state index in [1.54, 1.807) is 6.20 Å². The minimum Gasteiger partial charge on any atom is -0.351 e. The summed E-state index contributed by atoms with van der Waals surface area (Å²) in [4.78, 5) is 20.1. The van der Waals surface area contributed by atoms with Crippen molar-refractivity contribution in [3.8, 4) is 11.4 Å². The van der Waals surface area contributed by atoms with Crippen LogP contribution in [0.25, 0.3) is 22.2 Å². The second-order valence-electron chi connectivity index (χ2n) is 6.80. The van der Waals surface area contributed by atoms with Gasteiger partial charge >= 0.3 is 0 Å². The smallest absolute Gasteiger partial charge is 0.237 e. The van der Waals surface area contributed by atoms with Gasteiger partial charge in [0.15, 0.2) is 0 Å². The van der Waals surface area contributed by atoms with Gasteiger partial charge in [-0.2, -0.15) is 0 Å². The fourth-order valence-electron chi connectivity index (χ4n) is 3.28. The lowest BCUT2D eigenvalue weighted by Gasteiger charge is -2.11. The fourth-order valence-corrected chi connectivity index (χ4v) is 3.28. The van der Waals surface area contributed by atoms with Gasteiger partial charge in [-0.3, -0.25) is 4.79 Å². The number of hydrogen-bond donors (Lipinski definition) is 3. The van der Waals surface area contributed by atoms with Gasteiger partial charge in [-0.05, 0) is 16.3 Å². The van der Waals surface area contributed by atoms with Crippen molar-refractivity contribution >= 4 is 16.7 Å². The first-order valence-electron chi connectivity index (χ1n) is 9.30. The van der Waals surface area contributed by atoms with Crippen molar-refractivity contribution in [3.05, 3.63) is 90.3 Å². The zero-order valence-corrected chi connectivity index (χ0v) is 15.4. The number of fused-ring (bicyclic) bond motifs is 1. The number of carbonyl (C=O) groups excluding carboxylic acids is 1. The van der Waals surface area contributed by atoms with Gasteiger partial charge in [-0.25, -0.2) is 4.98 Å². The van der Waals surface area contributed by atoms with Crippen LogP contribution in [0, 0.1) is 0 Å². The highest BCUT2D eigenvalue weighted by atomic mass is 16.2. The van der Waals surface area contributed by atoms with Crippen LogP contribution in [0.15, 0.2) is 79.0 Å². The number of amides is 1. The monoisotopic (exact) mass is 370 g/mol. The zero-order valence-electron chi connectivity index (χ0n) is 15.4. The molecule has 0 aliphatic carbocycles. The highest BCUT2D eigenvalue weighted by molar-refractivity contribution is 5.95. The number of nitrogens with zero attached hydrogens (tertiary/aromatic N) is 1. The molecule has 1 atom stereocenters. The van der Waals surface area contributed by atoms with E-state index in [4.69, 9.17) is 5.73 Å². The van der Waals surface area contributed by atoms with Crippen LogP contribution in [0.5, 0.6) is 0 Å². The van der Waals surface area contributed by atoms with Crippen LogP contribution in [0.2, 0.25) is 0 Å². The Labute approximate surface area is 163 Å². The van der Waals surface area contributed by atoms with Gasteiger partial charge < -0.3 is 16.0 Å². The van der Waals surface area contributed by atoms with Crippen molar-refractivity contribution in [1.29, 1.82) is 0 Å². The molecule has 0 radical (unpaired) electrons. The molecule has 5 heteroatoms. The number of H-pyrrole nitrogens is 1. The molecule has 5 nitrogen and oxygen atoms in total. The lowest BCUT2D eigenvalue weighted by atomic mass is 10.0. The Morgan fingerprint density at radius 2 is 1.75 bits per heavy atom. The maximum atomic E-state index is 12.3. The molecule has 0 aliphatic rings. The van der Waals surface area contributed by atoms with Gasteiger partial charge in [0.05, 0.1) is 6.04 Å². The molecule has 0 fully saturated rings. The van der Waals surface area contributed by atoms with E-state index in [0.29, 0.717) is 13.0 Å². The summed E-state index contributed by atoms with van der Waals surface area (Å²) in [6, 6.07) is 23.5. The fraction of sp³-hybridized carbons (Fsp3) is 0.130. The Hall–Kier alpha value is -3.44. The van der Waals surface area contributed by atoms with Gasteiger partial charge in [0.25, 0.3) is 0 Å². The highest BCUT2D eigenvalue weighted by Gasteiger charge is 2.16. The van der Waals surface area contributed by atoms with Crippen molar-refractivity contribution in [2.45, 2.75) is 19.0 Å². The summed E-state index contributed by atoms with van der Waals surface area (Å²) in [6.45, 7) is 0.470. The molecule has 4 aromatic rings. The van der Waals surface area contributed by atoms with Crippen LogP contribution in [0.1, 0.15) is 11.3 Å². The highest BCUT2D eigenvalue weighted by Crippen LogP contribution is 2.26. The summed E-state index contributed by atoms with van der Waals surface area (Å²) in [7, 11) is 0. The van der Waals surface area contributed by atoms with Crippen molar-refractivity contribution in [1.82, 2.24) is 15.3 Å². The van der Waals surface area contributed by atoms with Crippen molar-refractivity contribution < 1.29 is 4.79 Å². The van der Waals surface area contributed by atoms with Gasteiger partial charge in [-0.15, -0.1) is 0 Å². The Bertz CT molecular complexity index is 1080. The molecule has 1 amide bonds. The summed E-state index contributed by atoms with van der Waals surface area (Å²) in [5.74, 6) is 0.605. The molecule has 4 N–H and O–H groups in total. The third kappa shape index (κ3) is 3.94. The SMILES string of the molecule is N[C@@H](Cc1cnc(-c2cccc3ccccc23)[nH]1)C(=O)NCc1ccccc1. The molecule has 3 aromatic carbocycles.